The average Bonchev–Trinajstić information content (AvgIpc) is 3.21. The van der Waals surface area contributed by atoms with Gasteiger partial charge < -0.3 is 5.84 Å². The van der Waals surface area contributed by atoms with Crippen LogP contribution in [0.25, 0.3) is 16.3 Å². The number of fused-ring (bicyclic) bond motifs is 1. The van der Waals surface area contributed by atoms with Crippen molar-refractivity contribution in [3.8, 4) is 11.4 Å². The van der Waals surface area contributed by atoms with Gasteiger partial charge in [-0.2, -0.15) is 0 Å². The van der Waals surface area contributed by atoms with E-state index in [1.54, 1.807) is 6.20 Å². The Labute approximate surface area is 151 Å². The van der Waals surface area contributed by atoms with Crippen molar-refractivity contribution in [1.29, 1.82) is 0 Å². The van der Waals surface area contributed by atoms with Crippen molar-refractivity contribution in [3.05, 3.63) is 63.5 Å². The zero-order chi connectivity index (χ0) is 17.4. The van der Waals surface area contributed by atoms with Gasteiger partial charge in [0.1, 0.15) is 0 Å². The van der Waals surface area contributed by atoms with Gasteiger partial charge in [0.2, 0.25) is 5.16 Å². The molecule has 0 fully saturated rings. The van der Waals surface area contributed by atoms with Crippen LogP contribution < -0.4 is 11.4 Å². The summed E-state index contributed by atoms with van der Waals surface area (Å²) in [6.07, 6.45) is 1.72. The molecule has 0 saturated heterocycles. The largest absolute Gasteiger partial charge is 0.335 e. The van der Waals surface area contributed by atoms with Gasteiger partial charge in [-0.15, -0.1) is 21.5 Å². The Bertz CT molecular complexity index is 1110. The third-order valence-electron chi connectivity index (χ3n) is 3.76. The molecule has 0 bridgehead atoms. The van der Waals surface area contributed by atoms with Gasteiger partial charge in [-0.05, 0) is 12.5 Å². The molecule has 0 atom stereocenters. The van der Waals surface area contributed by atoms with Gasteiger partial charge in [-0.3, -0.25) is 9.20 Å². The average molecular weight is 370 g/mol. The van der Waals surface area contributed by atoms with Gasteiger partial charge >= 0.3 is 0 Å². The molecule has 2 N–H and O–H groups in total. The van der Waals surface area contributed by atoms with E-state index in [0.29, 0.717) is 27.4 Å². The summed E-state index contributed by atoms with van der Waals surface area (Å²) >= 11 is 2.83. The van der Waals surface area contributed by atoms with Crippen LogP contribution in [0.3, 0.4) is 0 Å². The second kappa shape index (κ2) is 6.34. The maximum atomic E-state index is 12.0. The SMILES string of the molecule is Cc1ccccc1-c1nnc(SCc2cc(=O)n3ccsc3n2)n1N. The molecule has 25 heavy (non-hydrogen) atoms. The van der Waals surface area contributed by atoms with E-state index in [2.05, 4.69) is 15.2 Å². The topological polar surface area (TPSA) is 91.1 Å². The van der Waals surface area contributed by atoms with Crippen LogP contribution >= 0.6 is 23.1 Å². The Morgan fingerprint density at radius 2 is 2.12 bits per heavy atom. The fourth-order valence-corrected chi connectivity index (χ4v) is 3.97. The zero-order valence-electron chi connectivity index (χ0n) is 13.3. The highest BCUT2D eigenvalue weighted by Gasteiger charge is 2.14. The predicted molar refractivity (Wildman–Crippen MR) is 99.2 cm³/mol. The van der Waals surface area contributed by atoms with Crippen LogP contribution in [-0.2, 0) is 5.75 Å². The van der Waals surface area contributed by atoms with Crippen molar-refractivity contribution in [2.45, 2.75) is 17.8 Å². The first kappa shape index (κ1) is 15.9. The molecule has 0 aliphatic carbocycles. The molecule has 1 aromatic carbocycles. The minimum absolute atomic E-state index is 0.0864. The maximum absolute atomic E-state index is 12.0. The van der Waals surface area contributed by atoms with E-state index in [-0.39, 0.29) is 5.56 Å². The number of aromatic nitrogens is 5. The summed E-state index contributed by atoms with van der Waals surface area (Å²) < 4.78 is 3.00. The molecule has 0 amide bonds. The van der Waals surface area contributed by atoms with Crippen LogP contribution in [0, 0.1) is 6.92 Å². The number of hydrogen-bond acceptors (Lipinski definition) is 7. The van der Waals surface area contributed by atoms with Crippen LogP contribution in [0.4, 0.5) is 0 Å². The summed E-state index contributed by atoms with van der Waals surface area (Å²) in [5.74, 6) is 7.27. The van der Waals surface area contributed by atoms with Crippen molar-refractivity contribution in [3.63, 3.8) is 0 Å². The van der Waals surface area contributed by atoms with Gasteiger partial charge in [0.05, 0.1) is 5.69 Å². The molecule has 0 aliphatic rings. The number of nitrogens with two attached hydrogens (primary N) is 1. The first-order chi connectivity index (χ1) is 12.1. The van der Waals surface area contributed by atoms with Crippen LogP contribution in [0.15, 0.2) is 51.9 Å². The van der Waals surface area contributed by atoms with Gasteiger partial charge in [-0.1, -0.05) is 36.0 Å². The Morgan fingerprint density at radius 1 is 1.28 bits per heavy atom. The Morgan fingerprint density at radius 3 is 2.96 bits per heavy atom. The van der Waals surface area contributed by atoms with E-state index in [1.807, 2.05) is 36.6 Å². The minimum atomic E-state index is -0.0864. The molecular formula is C16H14N6OS2. The standard InChI is InChI=1S/C16H14N6OS2/c1-10-4-2-3-5-12(10)14-19-20-16(22(14)17)25-9-11-8-13(23)21-6-7-24-15(21)18-11/h2-8H,9,17H2,1H3. The lowest BCUT2D eigenvalue weighted by Gasteiger charge is -2.06. The first-order valence-corrected chi connectivity index (χ1v) is 9.35. The summed E-state index contributed by atoms with van der Waals surface area (Å²) in [4.78, 5) is 17.2. The molecule has 0 radical (unpaired) electrons. The number of aryl methyl sites for hydroxylation is 1. The van der Waals surface area contributed by atoms with Crippen molar-refractivity contribution in [1.82, 2.24) is 24.3 Å². The Kier molecular flexibility index (Phi) is 4.02. The molecule has 3 heterocycles. The summed E-state index contributed by atoms with van der Waals surface area (Å²) in [5, 5.41) is 10.8. The molecule has 126 valence electrons. The lowest BCUT2D eigenvalue weighted by Crippen LogP contribution is -2.13. The van der Waals surface area contributed by atoms with Crippen LogP contribution in [0.1, 0.15) is 11.3 Å². The van der Waals surface area contributed by atoms with E-state index in [1.165, 1.54) is 38.2 Å². The number of hydrogen-bond donors (Lipinski definition) is 1. The molecule has 4 aromatic rings. The minimum Gasteiger partial charge on any atom is -0.335 e. The molecule has 0 saturated carbocycles. The molecule has 7 nitrogen and oxygen atoms in total. The number of thiazole rings is 1. The summed E-state index contributed by atoms with van der Waals surface area (Å²) in [6, 6.07) is 9.41. The van der Waals surface area contributed by atoms with Gasteiger partial charge in [0, 0.05) is 29.0 Å². The maximum Gasteiger partial charge on any atom is 0.258 e. The predicted octanol–water partition coefficient (Wildman–Crippen LogP) is 2.33. The summed E-state index contributed by atoms with van der Waals surface area (Å²) in [7, 11) is 0. The number of benzene rings is 1. The Hall–Kier alpha value is -2.65. The van der Waals surface area contributed by atoms with Gasteiger partial charge in [-0.25, -0.2) is 9.66 Å². The molecule has 3 aromatic heterocycles. The van der Waals surface area contributed by atoms with Crippen molar-refractivity contribution >= 4 is 28.1 Å². The highest BCUT2D eigenvalue weighted by molar-refractivity contribution is 7.98. The van der Waals surface area contributed by atoms with Gasteiger partial charge in [0.25, 0.3) is 5.56 Å². The quantitative estimate of drug-likeness (QED) is 0.438. The second-order valence-corrected chi connectivity index (χ2v) is 7.24. The third-order valence-corrected chi connectivity index (χ3v) is 5.49. The van der Waals surface area contributed by atoms with Crippen LogP contribution in [-0.4, -0.2) is 24.3 Å². The zero-order valence-corrected chi connectivity index (χ0v) is 14.9. The van der Waals surface area contributed by atoms with E-state index in [9.17, 15) is 4.79 Å². The summed E-state index contributed by atoms with van der Waals surface area (Å²) in [5.41, 5.74) is 2.63. The molecule has 0 unspecified atom stereocenters. The lowest BCUT2D eigenvalue weighted by atomic mass is 10.1. The van der Waals surface area contributed by atoms with E-state index < -0.39 is 0 Å². The van der Waals surface area contributed by atoms with E-state index >= 15 is 0 Å². The van der Waals surface area contributed by atoms with Crippen molar-refractivity contribution in [2.75, 3.05) is 5.84 Å². The molecule has 4 rings (SSSR count). The lowest BCUT2D eigenvalue weighted by molar-refractivity contribution is 0.848. The monoisotopic (exact) mass is 370 g/mol. The first-order valence-electron chi connectivity index (χ1n) is 7.48. The van der Waals surface area contributed by atoms with Crippen molar-refractivity contribution < 1.29 is 0 Å². The number of thioether (sulfide) groups is 1. The highest BCUT2D eigenvalue weighted by atomic mass is 32.2. The number of nitrogens with zero attached hydrogens (tertiary/aromatic N) is 5. The fraction of sp³-hybridized carbons (Fsp3) is 0.125. The second-order valence-electron chi connectivity index (χ2n) is 5.42. The smallest absolute Gasteiger partial charge is 0.258 e. The third kappa shape index (κ3) is 2.92. The van der Waals surface area contributed by atoms with Crippen LogP contribution in [0.5, 0.6) is 0 Å². The molecular weight excluding hydrogens is 356 g/mol. The Balaban J connectivity index is 1.59. The summed E-state index contributed by atoms with van der Waals surface area (Å²) in [6.45, 7) is 2.00. The molecule has 9 heteroatoms. The highest BCUT2D eigenvalue weighted by Crippen LogP contribution is 2.25. The number of rotatable bonds is 4. The number of nitrogen functional groups attached to an aromatic ring is 1. The molecule has 0 spiro atoms. The van der Waals surface area contributed by atoms with Crippen molar-refractivity contribution in [2.24, 2.45) is 0 Å². The van der Waals surface area contributed by atoms with E-state index in [4.69, 9.17) is 5.84 Å². The van der Waals surface area contributed by atoms with Gasteiger partial charge in [0.15, 0.2) is 10.8 Å². The normalized spacial score (nSPS) is 11.2. The van der Waals surface area contributed by atoms with Crippen LogP contribution in [0.2, 0.25) is 0 Å². The van der Waals surface area contributed by atoms with E-state index in [0.717, 1.165) is 11.1 Å². The molecule has 0 aliphatic heterocycles. The fourth-order valence-electron chi connectivity index (χ4n) is 2.48.